The van der Waals surface area contributed by atoms with Gasteiger partial charge in [0.25, 0.3) is 0 Å². The molecule has 0 atom stereocenters. The maximum absolute atomic E-state index is 12.0. The van der Waals surface area contributed by atoms with Crippen molar-refractivity contribution in [1.82, 2.24) is 4.98 Å². The molecule has 0 N–H and O–H groups in total. The molecule has 6 heteroatoms. The van der Waals surface area contributed by atoms with Gasteiger partial charge in [-0.2, -0.15) is 0 Å². The number of aliphatic imine (C=N–C) groups is 1. The topological polar surface area (TPSA) is 55.5 Å². The Bertz CT molecular complexity index is 867. The van der Waals surface area contributed by atoms with Crippen LogP contribution in [0.1, 0.15) is 12.5 Å². The van der Waals surface area contributed by atoms with Crippen LogP contribution in [0.25, 0.3) is 11.0 Å². The van der Waals surface area contributed by atoms with E-state index in [1.807, 2.05) is 18.2 Å². The van der Waals surface area contributed by atoms with Gasteiger partial charge in [-0.05, 0) is 19.1 Å². The van der Waals surface area contributed by atoms with Crippen molar-refractivity contribution in [2.45, 2.75) is 6.92 Å². The van der Waals surface area contributed by atoms with Gasteiger partial charge in [0, 0.05) is 5.39 Å². The van der Waals surface area contributed by atoms with Gasteiger partial charge in [0.05, 0.1) is 17.5 Å². The van der Waals surface area contributed by atoms with Crippen LogP contribution in [-0.4, -0.2) is 10.7 Å². The van der Waals surface area contributed by atoms with Gasteiger partial charge >= 0.3 is 5.63 Å². The molecule has 0 aliphatic heterocycles. The van der Waals surface area contributed by atoms with Crippen molar-refractivity contribution in [2.24, 2.45) is 4.99 Å². The van der Waals surface area contributed by atoms with E-state index in [9.17, 15) is 4.79 Å². The molecule has 20 heavy (non-hydrogen) atoms. The molecule has 2 heterocycles. The molecule has 0 aliphatic rings. The molecule has 0 bridgehead atoms. The number of rotatable bonds is 2. The van der Waals surface area contributed by atoms with Gasteiger partial charge in [0.15, 0.2) is 0 Å². The highest BCUT2D eigenvalue weighted by Gasteiger charge is 2.09. The minimum absolute atomic E-state index is 0.410. The number of aromatic nitrogens is 1. The smallest absolute Gasteiger partial charge is 0.345 e. The monoisotopic (exact) mass is 304 g/mol. The Morgan fingerprint density at radius 2 is 2.20 bits per heavy atom. The maximum atomic E-state index is 12.0. The summed E-state index contributed by atoms with van der Waals surface area (Å²) in [5.41, 5.74) is 1.13. The molecule has 0 saturated carbocycles. The van der Waals surface area contributed by atoms with E-state index < -0.39 is 5.63 Å². The van der Waals surface area contributed by atoms with Crippen molar-refractivity contribution in [2.75, 3.05) is 0 Å². The van der Waals surface area contributed by atoms with E-state index in [1.54, 1.807) is 19.1 Å². The van der Waals surface area contributed by atoms with Crippen LogP contribution < -0.4 is 5.63 Å². The summed E-state index contributed by atoms with van der Waals surface area (Å²) in [5.74, 6) is 0. The number of thiazole rings is 1. The average molecular weight is 305 g/mol. The van der Waals surface area contributed by atoms with E-state index in [0.29, 0.717) is 26.3 Å². The SMILES string of the molecule is C/C(=N\c1ncc(Cl)s1)c1cc2ccccc2oc1=O. The number of hydrogen-bond acceptors (Lipinski definition) is 5. The third kappa shape index (κ3) is 2.50. The van der Waals surface area contributed by atoms with Gasteiger partial charge in [-0.3, -0.25) is 0 Å². The first kappa shape index (κ1) is 13.0. The molecular weight excluding hydrogens is 296 g/mol. The number of para-hydroxylation sites is 1. The Morgan fingerprint density at radius 3 is 2.95 bits per heavy atom. The first-order valence-corrected chi connectivity index (χ1v) is 7.03. The standard InChI is InChI=1S/C14H9ClN2O2S/c1-8(17-14-16-7-12(15)20-14)10-6-9-4-2-3-5-11(9)19-13(10)18/h2-7H,1H3/b17-8+. The molecule has 0 spiro atoms. The van der Waals surface area contributed by atoms with Crippen molar-refractivity contribution in [1.29, 1.82) is 0 Å². The number of hydrogen-bond donors (Lipinski definition) is 0. The highest BCUT2D eigenvalue weighted by atomic mass is 35.5. The van der Waals surface area contributed by atoms with E-state index >= 15 is 0 Å². The fourth-order valence-electron chi connectivity index (χ4n) is 1.82. The summed E-state index contributed by atoms with van der Waals surface area (Å²) < 4.78 is 5.83. The van der Waals surface area contributed by atoms with Crippen molar-refractivity contribution in [3.05, 3.63) is 56.8 Å². The van der Waals surface area contributed by atoms with E-state index in [4.69, 9.17) is 16.0 Å². The Kier molecular flexibility index (Phi) is 3.38. The molecule has 0 radical (unpaired) electrons. The summed E-state index contributed by atoms with van der Waals surface area (Å²) in [4.78, 5) is 20.3. The number of benzene rings is 1. The number of fused-ring (bicyclic) bond motifs is 1. The second-order valence-corrected chi connectivity index (χ2v) is 5.77. The Labute approximate surface area is 123 Å². The normalized spacial score (nSPS) is 12.0. The maximum Gasteiger partial charge on any atom is 0.345 e. The Balaban J connectivity index is 2.11. The average Bonchev–Trinajstić information content (AvgIpc) is 2.83. The highest BCUT2D eigenvalue weighted by molar-refractivity contribution is 7.19. The predicted molar refractivity (Wildman–Crippen MR) is 81.5 cm³/mol. The lowest BCUT2D eigenvalue weighted by atomic mass is 10.1. The van der Waals surface area contributed by atoms with Gasteiger partial charge in [0.1, 0.15) is 9.92 Å². The minimum Gasteiger partial charge on any atom is -0.422 e. The summed E-state index contributed by atoms with van der Waals surface area (Å²) in [6.07, 6.45) is 1.53. The minimum atomic E-state index is -0.410. The molecule has 0 unspecified atom stereocenters. The highest BCUT2D eigenvalue weighted by Crippen LogP contribution is 2.25. The van der Waals surface area contributed by atoms with Gasteiger partial charge < -0.3 is 4.42 Å². The summed E-state index contributed by atoms with van der Waals surface area (Å²) in [6.45, 7) is 1.75. The van der Waals surface area contributed by atoms with Crippen LogP contribution in [0.2, 0.25) is 4.34 Å². The quantitative estimate of drug-likeness (QED) is 0.530. The zero-order valence-corrected chi connectivity index (χ0v) is 12.0. The lowest BCUT2D eigenvalue weighted by Gasteiger charge is -2.01. The lowest BCUT2D eigenvalue weighted by molar-refractivity contribution is 0.559. The van der Waals surface area contributed by atoms with Crippen LogP contribution >= 0.6 is 22.9 Å². The molecule has 100 valence electrons. The molecule has 3 aromatic rings. The molecule has 0 fully saturated rings. The van der Waals surface area contributed by atoms with E-state index in [-0.39, 0.29) is 0 Å². The zero-order valence-electron chi connectivity index (χ0n) is 10.5. The lowest BCUT2D eigenvalue weighted by Crippen LogP contribution is -2.11. The molecule has 0 amide bonds. The number of nitrogens with zero attached hydrogens (tertiary/aromatic N) is 2. The first-order chi connectivity index (χ1) is 9.63. The first-order valence-electron chi connectivity index (χ1n) is 5.83. The molecule has 2 aromatic heterocycles. The molecule has 0 aliphatic carbocycles. The van der Waals surface area contributed by atoms with Gasteiger partial charge in [-0.15, -0.1) is 0 Å². The van der Waals surface area contributed by atoms with Gasteiger partial charge in [0.2, 0.25) is 5.13 Å². The van der Waals surface area contributed by atoms with Crippen LogP contribution in [0.5, 0.6) is 0 Å². The third-order valence-corrected chi connectivity index (χ3v) is 3.77. The molecular formula is C14H9ClN2O2S. The zero-order chi connectivity index (χ0) is 14.1. The van der Waals surface area contributed by atoms with Crippen LogP contribution in [-0.2, 0) is 0 Å². The molecule has 0 saturated heterocycles. The second kappa shape index (κ2) is 5.19. The Morgan fingerprint density at radius 1 is 1.40 bits per heavy atom. The van der Waals surface area contributed by atoms with Crippen molar-refractivity contribution in [3.63, 3.8) is 0 Å². The number of halogens is 1. The van der Waals surface area contributed by atoms with E-state index in [2.05, 4.69) is 9.98 Å². The predicted octanol–water partition coefficient (Wildman–Crippen LogP) is 4.04. The van der Waals surface area contributed by atoms with E-state index in [1.165, 1.54) is 17.5 Å². The largest absolute Gasteiger partial charge is 0.422 e. The van der Waals surface area contributed by atoms with Crippen LogP contribution in [0.15, 0.2) is 50.7 Å². The van der Waals surface area contributed by atoms with Crippen molar-refractivity contribution in [3.8, 4) is 0 Å². The summed E-state index contributed by atoms with van der Waals surface area (Å²) in [5, 5.41) is 1.37. The van der Waals surface area contributed by atoms with E-state index in [0.717, 1.165) is 5.39 Å². The van der Waals surface area contributed by atoms with Crippen molar-refractivity contribution < 1.29 is 4.42 Å². The summed E-state index contributed by atoms with van der Waals surface area (Å²) >= 11 is 7.06. The second-order valence-electron chi connectivity index (χ2n) is 4.13. The fraction of sp³-hybridized carbons (Fsp3) is 0.0714. The van der Waals surface area contributed by atoms with Crippen LogP contribution in [0.3, 0.4) is 0 Å². The Hall–Kier alpha value is -1.98. The van der Waals surface area contributed by atoms with Crippen molar-refractivity contribution >= 4 is 44.8 Å². The van der Waals surface area contributed by atoms with Crippen LogP contribution in [0.4, 0.5) is 5.13 Å². The molecule has 4 nitrogen and oxygen atoms in total. The fourth-order valence-corrected chi connectivity index (χ4v) is 2.64. The summed E-state index contributed by atoms with van der Waals surface area (Å²) in [7, 11) is 0. The van der Waals surface area contributed by atoms with Gasteiger partial charge in [-0.25, -0.2) is 14.8 Å². The van der Waals surface area contributed by atoms with Gasteiger partial charge in [-0.1, -0.05) is 41.1 Å². The molecule has 1 aromatic carbocycles. The third-order valence-electron chi connectivity index (χ3n) is 2.76. The molecule has 3 rings (SSSR count). The van der Waals surface area contributed by atoms with Crippen LogP contribution in [0, 0.1) is 0 Å². The summed E-state index contributed by atoms with van der Waals surface area (Å²) in [6, 6.07) is 9.13.